The van der Waals surface area contributed by atoms with E-state index < -0.39 is 0 Å². The highest BCUT2D eigenvalue weighted by Gasteiger charge is 2.24. The Morgan fingerprint density at radius 3 is 2.09 bits per heavy atom. The fourth-order valence-corrected chi connectivity index (χ4v) is 6.30. The van der Waals surface area contributed by atoms with E-state index in [1.807, 2.05) is 0 Å². The lowest BCUT2D eigenvalue weighted by Gasteiger charge is -2.36. The number of hydrogen-bond acceptors (Lipinski definition) is 3. The average molecular weight is 576 g/mol. The van der Waals surface area contributed by atoms with Crippen molar-refractivity contribution in [1.82, 2.24) is 5.43 Å². The summed E-state index contributed by atoms with van der Waals surface area (Å²) in [5, 5.41) is 2.19. The third kappa shape index (κ3) is 6.05. The maximum atomic E-state index is 4.38. The summed E-state index contributed by atoms with van der Waals surface area (Å²) in [4.78, 5) is 2.49. The third-order valence-electron chi connectivity index (χ3n) is 8.70. The fraction of sp³-hybridized carbons (Fsp3) is 0.171. The number of hydrazine groups is 1. The van der Waals surface area contributed by atoms with Gasteiger partial charge >= 0.3 is 0 Å². The molecule has 0 spiro atoms. The number of para-hydroxylation sites is 3. The van der Waals surface area contributed by atoms with Gasteiger partial charge in [-0.25, -0.2) is 0 Å². The molecule has 2 aliphatic rings. The van der Waals surface area contributed by atoms with Crippen LogP contribution in [0.2, 0.25) is 0 Å². The van der Waals surface area contributed by atoms with Gasteiger partial charge in [0, 0.05) is 17.1 Å². The lowest BCUT2D eigenvalue weighted by molar-refractivity contribution is 0.739. The minimum atomic E-state index is 0.289. The van der Waals surface area contributed by atoms with Crippen molar-refractivity contribution in [3.8, 4) is 0 Å². The molecule has 4 aromatic rings. The molecule has 1 N–H and O–H groups in total. The fourth-order valence-electron chi connectivity index (χ4n) is 6.30. The summed E-state index contributed by atoms with van der Waals surface area (Å²) in [6.07, 6.45) is 16.1. The van der Waals surface area contributed by atoms with Crippen LogP contribution in [0.4, 0.5) is 22.7 Å². The van der Waals surface area contributed by atoms with Gasteiger partial charge in [-0.15, -0.1) is 0 Å². The van der Waals surface area contributed by atoms with Crippen LogP contribution in [-0.4, -0.2) is 6.04 Å². The van der Waals surface area contributed by atoms with E-state index in [9.17, 15) is 0 Å². The van der Waals surface area contributed by atoms with Crippen LogP contribution >= 0.6 is 0 Å². The van der Waals surface area contributed by atoms with Crippen LogP contribution in [0.5, 0.6) is 0 Å². The second kappa shape index (κ2) is 13.1. The van der Waals surface area contributed by atoms with E-state index in [2.05, 4.69) is 176 Å². The Kier molecular flexibility index (Phi) is 8.65. The van der Waals surface area contributed by atoms with Crippen molar-refractivity contribution in [1.29, 1.82) is 0 Å². The van der Waals surface area contributed by atoms with Crippen molar-refractivity contribution in [2.75, 3.05) is 9.91 Å². The molecule has 220 valence electrons. The molecule has 1 aliphatic carbocycles. The zero-order valence-corrected chi connectivity index (χ0v) is 26.0. The number of hydrogen-bond donors (Lipinski definition) is 1. The lowest BCUT2D eigenvalue weighted by Crippen LogP contribution is -2.33. The first-order chi connectivity index (χ1) is 21.5. The number of allylic oxidation sites excluding steroid dienone is 6. The predicted octanol–water partition coefficient (Wildman–Crippen LogP) is 10.3. The molecule has 0 saturated heterocycles. The number of nitrogens with zero attached hydrogens (tertiary/aromatic N) is 2. The minimum Gasteiger partial charge on any atom is -0.334 e. The van der Waals surface area contributed by atoms with E-state index >= 15 is 0 Å². The van der Waals surface area contributed by atoms with E-state index in [4.69, 9.17) is 0 Å². The standard InChI is InChI=1S/C41H41N3/c1-5-33(23-22-32(4)42-44-40-20-12-8-16-35(40)24-25-36-17-9-13-21-41(36)44)34-26-28-37(29-27-34)43(38-18-10-6-14-30(38)2)39-19-11-7-15-31(39)3/h5-18,20-23,26-29,39,42H,4,19,24-25H2,1-3H3/b23-22-,33-5+. The normalized spacial score (nSPS) is 16.2. The average Bonchev–Trinajstić information content (AvgIpc) is 3.21. The molecule has 0 amide bonds. The molecule has 0 saturated carbocycles. The topological polar surface area (TPSA) is 18.5 Å². The van der Waals surface area contributed by atoms with Crippen molar-refractivity contribution >= 4 is 28.3 Å². The second-order valence-corrected chi connectivity index (χ2v) is 11.6. The number of anilines is 4. The van der Waals surface area contributed by atoms with Crippen LogP contribution < -0.4 is 15.3 Å². The molecular weight excluding hydrogens is 534 g/mol. The highest BCUT2D eigenvalue weighted by molar-refractivity contribution is 5.77. The SMILES string of the molecule is C=C(/C=C\C(=C/C)c1ccc(N(c2ccccc2C)C2CC=CC=C2C)cc1)NN1c2ccccc2CCc2ccccc21. The highest BCUT2D eigenvalue weighted by atomic mass is 15.5. The second-order valence-electron chi connectivity index (χ2n) is 11.6. The van der Waals surface area contributed by atoms with Gasteiger partial charge in [-0.05, 0) is 104 Å². The van der Waals surface area contributed by atoms with Gasteiger partial charge in [-0.2, -0.15) is 0 Å². The molecule has 4 aromatic carbocycles. The largest absolute Gasteiger partial charge is 0.334 e. The summed E-state index contributed by atoms with van der Waals surface area (Å²) in [6, 6.07) is 35.2. The number of benzene rings is 4. The summed E-state index contributed by atoms with van der Waals surface area (Å²) in [6.45, 7) is 10.9. The summed E-state index contributed by atoms with van der Waals surface area (Å²) < 4.78 is 0. The molecule has 44 heavy (non-hydrogen) atoms. The first-order valence-electron chi connectivity index (χ1n) is 15.6. The Morgan fingerprint density at radius 1 is 0.818 bits per heavy atom. The highest BCUT2D eigenvalue weighted by Crippen LogP contribution is 2.37. The van der Waals surface area contributed by atoms with Gasteiger partial charge in [0.2, 0.25) is 0 Å². The Bertz CT molecular complexity index is 1720. The van der Waals surface area contributed by atoms with Crippen molar-refractivity contribution < 1.29 is 0 Å². The Balaban J connectivity index is 1.23. The molecule has 6 rings (SSSR count). The molecular formula is C41H41N3. The van der Waals surface area contributed by atoms with Crippen molar-refractivity contribution in [3.05, 3.63) is 174 Å². The molecule has 1 heterocycles. The summed E-state index contributed by atoms with van der Waals surface area (Å²) in [5.41, 5.74) is 16.8. The molecule has 0 fully saturated rings. The maximum absolute atomic E-state index is 4.38. The van der Waals surface area contributed by atoms with Gasteiger partial charge in [0.25, 0.3) is 0 Å². The van der Waals surface area contributed by atoms with Crippen LogP contribution in [0, 0.1) is 6.92 Å². The van der Waals surface area contributed by atoms with Crippen LogP contribution in [0.25, 0.3) is 5.57 Å². The van der Waals surface area contributed by atoms with E-state index in [1.54, 1.807) is 0 Å². The molecule has 1 aliphatic heterocycles. The van der Waals surface area contributed by atoms with Crippen LogP contribution in [0.15, 0.2) is 151 Å². The van der Waals surface area contributed by atoms with Crippen LogP contribution in [0.3, 0.4) is 0 Å². The predicted molar refractivity (Wildman–Crippen MR) is 189 cm³/mol. The van der Waals surface area contributed by atoms with Gasteiger partial charge in [0.15, 0.2) is 0 Å². The molecule has 0 bridgehead atoms. The van der Waals surface area contributed by atoms with E-state index in [1.165, 1.54) is 50.6 Å². The third-order valence-corrected chi connectivity index (χ3v) is 8.70. The zero-order chi connectivity index (χ0) is 30.5. The molecule has 1 unspecified atom stereocenters. The summed E-state index contributed by atoms with van der Waals surface area (Å²) >= 11 is 0. The van der Waals surface area contributed by atoms with Crippen LogP contribution in [0.1, 0.15) is 42.5 Å². The monoisotopic (exact) mass is 575 g/mol. The summed E-state index contributed by atoms with van der Waals surface area (Å²) in [7, 11) is 0. The molecule has 3 heteroatoms. The minimum absolute atomic E-state index is 0.289. The van der Waals surface area contributed by atoms with Crippen molar-refractivity contribution in [3.63, 3.8) is 0 Å². The Morgan fingerprint density at radius 2 is 1.45 bits per heavy atom. The Labute approximate surface area is 262 Å². The van der Waals surface area contributed by atoms with Gasteiger partial charge in [0.05, 0.1) is 17.4 Å². The maximum Gasteiger partial charge on any atom is 0.0662 e. The molecule has 0 aromatic heterocycles. The number of aryl methyl sites for hydroxylation is 3. The van der Waals surface area contributed by atoms with Crippen molar-refractivity contribution in [2.24, 2.45) is 0 Å². The van der Waals surface area contributed by atoms with Gasteiger partial charge in [0.1, 0.15) is 0 Å². The van der Waals surface area contributed by atoms with Gasteiger partial charge in [-0.3, -0.25) is 10.4 Å². The quantitative estimate of drug-likeness (QED) is 0.211. The van der Waals surface area contributed by atoms with E-state index in [0.29, 0.717) is 0 Å². The van der Waals surface area contributed by atoms with Gasteiger partial charge in [-0.1, -0.05) is 109 Å². The molecule has 3 nitrogen and oxygen atoms in total. The number of rotatable bonds is 8. The zero-order valence-electron chi connectivity index (χ0n) is 26.0. The first kappa shape index (κ1) is 29.1. The van der Waals surface area contributed by atoms with Crippen LogP contribution in [-0.2, 0) is 12.8 Å². The number of nitrogens with one attached hydrogen (secondary N) is 1. The summed E-state index contributed by atoms with van der Waals surface area (Å²) in [5.74, 6) is 0. The molecule has 0 radical (unpaired) electrons. The smallest absolute Gasteiger partial charge is 0.0662 e. The number of fused-ring (bicyclic) bond motifs is 2. The lowest BCUT2D eigenvalue weighted by atomic mass is 9.96. The molecule has 1 atom stereocenters. The van der Waals surface area contributed by atoms with Gasteiger partial charge < -0.3 is 4.90 Å². The van der Waals surface area contributed by atoms with E-state index in [-0.39, 0.29) is 6.04 Å². The van der Waals surface area contributed by atoms with Crippen molar-refractivity contribution in [2.45, 2.75) is 46.1 Å². The Hall–Kier alpha value is -5.02. The van der Waals surface area contributed by atoms with E-state index in [0.717, 1.165) is 30.5 Å². The first-order valence-corrected chi connectivity index (χ1v) is 15.6.